The number of amides is 1. The minimum atomic E-state index is 0.165. The predicted octanol–water partition coefficient (Wildman–Crippen LogP) is 1.88. The summed E-state index contributed by atoms with van der Waals surface area (Å²) in [4.78, 5) is 13.7. The van der Waals surface area contributed by atoms with Crippen molar-refractivity contribution in [3.8, 4) is 0 Å². The Morgan fingerprint density at radius 3 is 2.33 bits per heavy atom. The van der Waals surface area contributed by atoms with Crippen molar-refractivity contribution in [2.75, 3.05) is 26.7 Å². The zero-order valence-corrected chi connectivity index (χ0v) is 12.6. The lowest BCUT2D eigenvalue weighted by Gasteiger charge is -2.22. The predicted molar refractivity (Wildman–Crippen MR) is 75.3 cm³/mol. The molecule has 0 fully saturated rings. The van der Waals surface area contributed by atoms with Crippen LogP contribution in [0.4, 0.5) is 0 Å². The summed E-state index contributed by atoms with van der Waals surface area (Å²) in [6.07, 6.45) is 1.78. The van der Waals surface area contributed by atoms with Crippen molar-refractivity contribution < 1.29 is 9.53 Å². The van der Waals surface area contributed by atoms with Crippen LogP contribution in [0, 0.1) is 11.8 Å². The first kappa shape index (κ1) is 17.4. The van der Waals surface area contributed by atoms with Crippen LogP contribution in [0.3, 0.4) is 0 Å². The Balaban J connectivity index is 3.97. The zero-order chi connectivity index (χ0) is 14.1. The average Bonchev–Trinajstić information content (AvgIpc) is 2.26. The van der Waals surface area contributed by atoms with Crippen molar-refractivity contribution >= 4 is 5.91 Å². The van der Waals surface area contributed by atoms with Gasteiger partial charge in [0, 0.05) is 20.0 Å². The van der Waals surface area contributed by atoms with E-state index >= 15 is 0 Å². The molecular formula is C14H30N2O2. The van der Waals surface area contributed by atoms with E-state index in [1.807, 2.05) is 20.9 Å². The van der Waals surface area contributed by atoms with E-state index in [4.69, 9.17) is 10.5 Å². The van der Waals surface area contributed by atoms with Gasteiger partial charge in [0.15, 0.2) is 0 Å². The molecule has 4 nitrogen and oxygen atoms in total. The molecule has 0 radical (unpaired) electrons. The minimum Gasteiger partial charge on any atom is -0.377 e. The molecule has 1 amide bonds. The van der Waals surface area contributed by atoms with Gasteiger partial charge in [-0.15, -0.1) is 0 Å². The quantitative estimate of drug-likeness (QED) is 0.687. The molecule has 18 heavy (non-hydrogen) atoms. The SMILES string of the molecule is CC(C)CC(CN)CC(=O)N(C)CCOC(C)C. The molecule has 0 spiro atoms. The Morgan fingerprint density at radius 2 is 1.89 bits per heavy atom. The van der Waals surface area contributed by atoms with Crippen molar-refractivity contribution in [3.05, 3.63) is 0 Å². The molecular weight excluding hydrogens is 228 g/mol. The number of rotatable bonds is 9. The summed E-state index contributed by atoms with van der Waals surface area (Å²) in [5.74, 6) is 1.05. The number of carbonyl (C=O) groups is 1. The highest BCUT2D eigenvalue weighted by atomic mass is 16.5. The third kappa shape index (κ3) is 8.48. The molecule has 0 aromatic rings. The lowest BCUT2D eigenvalue weighted by Crippen LogP contribution is -2.33. The van der Waals surface area contributed by atoms with Gasteiger partial charge in [-0.25, -0.2) is 0 Å². The molecule has 1 atom stereocenters. The highest BCUT2D eigenvalue weighted by Crippen LogP contribution is 2.15. The van der Waals surface area contributed by atoms with E-state index in [2.05, 4.69) is 13.8 Å². The van der Waals surface area contributed by atoms with Crippen molar-refractivity contribution in [1.82, 2.24) is 4.90 Å². The monoisotopic (exact) mass is 258 g/mol. The zero-order valence-electron chi connectivity index (χ0n) is 12.6. The molecule has 0 aromatic heterocycles. The number of carbonyl (C=O) groups excluding carboxylic acids is 1. The maximum atomic E-state index is 12.0. The van der Waals surface area contributed by atoms with Gasteiger partial charge in [-0.05, 0) is 38.6 Å². The normalized spacial score (nSPS) is 13.1. The van der Waals surface area contributed by atoms with Crippen LogP contribution < -0.4 is 5.73 Å². The molecule has 0 rings (SSSR count). The average molecular weight is 258 g/mol. The summed E-state index contributed by atoms with van der Waals surface area (Å²) < 4.78 is 5.44. The number of likely N-dealkylation sites (N-methyl/N-ethyl adjacent to an activating group) is 1. The van der Waals surface area contributed by atoms with Gasteiger partial charge in [0.25, 0.3) is 0 Å². The number of hydrogen-bond donors (Lipinski definition) is 1. The van der Waals surface area contributed by atoms with Crippen LogP contribution in [-0.4, -0.2) is 43.7 Å². The van der Waals surface area contributed by atoms with Gasteiger partial charge in [-0.2, -0.15) is 0 Å². The number of nitrogens with zero attached hydrogens (tertiary/aromatic N) is 1. The molecule has 1 unspecified atom stereocenters. The first-order valence-electron chi connectivity index (χ1n) is 6.92. The third-order valence-corrected chi connectivity index (χ3v) is 2.91. The Bertz CT molecular complexity index is 230. The summed E-state index contributed by atoms with van der Waals surface area (Å²) in [5, 5.41) is 0. The van der Waals surface area contributed by atoms with Crippen molar-refractivity contribution in [2.24, 2.45) is 17.6 Å². The van der Waals surface area contributed by atoms with Gasteiger partial charge in [0.2, 0.25) is 5.91 Å². The molecule has 0 saturated carbocycles. The second-order valence-electron chi connectivity index (χ2n) is 5.67. The highest BCUT2D eigenvalue weighted by Gasteiger charge is 2.16. The fourth-order valence-electron chi connectivity index (χ4n) is 1.88. The van der Waals surface area contributed by atoms with E-state index in [9.17, 15) is 4.79 Å². The van der Waals surface area contributed by atoms with Crippen LogP contribution in [0.25, 0.3) is 0 Å². The van der Waals surface area contributed by atoms with E-state index in [1.165, 1.54) is 0 Å². The maximum absolute atomic E-state index is 12.0. The Labute approximate surface area is 112 Å². The topological polar surface area (TPSA) is 55.6 Å². The van der Waals surface area contributed by atoms with Crippen molar-refractivity contribution in [3.63, 3.8) is 0 Å². The van der Waals surface area contributed by atoms with E-state index in [0.29, 0.717) is 38.0 Å². The van der Waals surface area contributed by atoms with Crippen LogP contribution in [0.5, 0.6) is 0 Å². The van der Waals surface area contributed by atoms with E-state index < -0.39 is 0 Å². The lowest BCUT2D eigenvalue weighted by molar-refractivity contribution is -0.131. The summed E-state index contributed by atoms with van der Waals surface area (Å²) in [6.45, 7) is 10.1. The first-order chi connectivity index (χ1) is 8.36. The van der Waals surface area contributed by atoms with Crippen LogP contribution in [0.1, 0.15) is 40.5 Å². The van der Waals surface area contributed by atoms with Gasteiger partial charge in [-0.1, -0.05) is 13.8 Å². The molecule has 0 heterocycles. The second kappa shape index (κ2) is 9.34. The van der Waals surface area contributed by atoms with Gasteiger partial charge < -0.3 is 15.4 Å². The van der Waals surface area contributed by atoms with E-state index in [0.717, 1.165) is 6.42 Å². The molecule has 0 saturated heterocycles. The number of ether oxygens (including phenoxy) is 1. The van der Waals surface area contributed by atoms with Crippen LogP contribution >= 0.6 is 0 Å². The van der Waals surface area contributed by atoms with Gasteiger partial charge >= 0.3 is 0 Å². The second-order valence-corrected chi connectivity index (χ2v) is 5.67. The van der Waals surface area contributed by atoms with Crippen molar-refractivity contribution in [2.45, 2.75) is 46.6 Å². The molecule has 0 aliphatic rings. The summed E-state index contributed by atoms with van der Waals surface area (Å²) in [6, 6.07) is 0. The van der Waals surface area contributed by atoms with Gasteiger partial charge in [-0.3, -0.25) is 4.79 Å². The Morgan fingerprint density at radius 1 is 1.28 bits per heavy atom. The van der Waals surface area contributed by atoms with Gasteiger partial charge in [0.1, 0.15) is 0 Å². The molecule has 0 aliphatic heterocycles. The molecule has 0 bridgehead atoms. The number of hydrogen-bond acceptors (Lipinski definition) is 3. The maximum Gasteiger partial charge on any atom is 0.222 e. The minimum absolute atomic E-state index is 0.165. The van der Waals surface area contributed by atoms with Crippen LogP contribution in [0.2, 0.25) is 0 Å². The smallest absolute Gasteiger partial charge is 0.222 e. The third-order valence-electron chi connectivity index (χ3n) is 2.91. The van der Waals surface area contributed by atoms with Gasteiger partial charge in [0.05, 0.1) is 12.7 Å². The number of nitrogens with two attached hydrogens (primary N) is 1. The first-order valence-corrected chi connectivity index (χ1v) is 6.92. The van der Waals surface area contributed by atoms with Crippen LogP contribution in [0.15, 0.2) is 0 Å². The molecule has 2 N–H and O–H groups in total. The summed E-state index contributed by atoms with van der Waals surface area (Å²) in [5.41, 5.74) is 5.71. The van der Waals surface area contributed by atoms with Crippen LogP contribution in [-0.2, 0) is 9.53 Å². The molecule has 4 heteroatoms. The Hall–Kier alpha value is -0.610. The largest absolute Gasteiger partial charge is 0.377 e. The summed E-state index contributed by atoms with van der Waals surface area (Å²) in [7, 11) is 1.83. The highest BCUT2D eigenvalue weighted by molar-refractivity contribution is 5.76. The lowest BCUT2D eigenvalue weighted by atomic mass is 9.94. The standard InChI is InChI=1S/C14H30N2O2/c1-11(2)8-13(10-15)9-14(17)16(5)6-7-18-12(3)4/h11-13H,6-10,15H2,1-5H3. The fourth-order valence-corrected chi connectivity index (χ4v) is 1.88. The van der Waals surface area contributed by atoms with Crippen molar-refractivity contribution in [1.29, 1.82) is 0 Å². The Kier molecular flexibility index (Phi) is 9.02. The van der Waals surface area contributed by atoms with E-state index in [1.54, 1.807) is 4.90 Å². The summed E-state index contributed by atoms with van der Waals surface area (Å²) >= 11 is 0. The fraction of sp³-hybridized carbons (Fsp3) is 0.929. The molecule has 0 aliphatic carbocycles. The molecule has 108 valence electrons. The van der Waals surface area contributed by atoms with E-state index in [-0.39, 0.29) is 12.0 Å². The molecule has 0 aromatic carbocycles.